The summed E-state index contributed by atoms with van der Waals surface area (Å²) in [6.07, 6.45) is 1.67. The molecule has 0 bridgehead atoms. The largest absolute Gasteiger partial charge is 0.422 e. The Labute approximate surface area is 84.7 Å². The van der Waals surface area contributed by atoms with Crippen LogP contribution in [0.15, 0.2) is 39.7 Å². The van der Waals surface area contributed by atoms with Gasteiger partial charge in [0.1, 0.15) is 16.5 Å². The second kappa shape index (κ2) is 2.70. The summed E-state index contributed by atoms with van der Waals surface area (Å²) in [5, 5.41) is 5.65. The van der Waals surface area contributed by atoms with E-state index in [0.717, 1.165) is 5.39 Å². The van der Waals surface area contributed by atoms with E-state index < -0.39 is 0 Å². The zero-order chi connectivity index (χ0) is 10.4. The van der Waals surface area contributed by atoms with E-state index in [1.807, 2.05) is 18.2 Å². The Balaban J connectivity index is 2.69. The minimum absolute atomic E-state index is 0.336. The van der Waals surface area contributed by atoms with Gasteiger partial charge in [0.25, 0.3) is 0 Å². The average Bonchev–Trinajstić information content (AvgIpc) is 2.61. The lowest BCUT2D eigenvalue weighted by Gasteiger charge is -1.95. The molecule has 1 aromatic carbocycles. The number of fused-ring (bicyclic) bond motifs is 3. The lowest BCUT2D eigenvalue weighted by molar-refractivity contribution is 0.569. The van der Waals surface area contributed by atoms with Crippen molar-refractivity contribution < 1.29 is 4.42 Å². The number of rotatable bonds is 0. The van der Waals surface area contributed by atoms with Crippen molar-refractivity contribution in [3.63, 3.8) is 0 Å². The summed E-state index contributed by atoms with van der Waals surface area (Å²) in [6, 6.07) is 7.40. The molecule has 2 heterocycles. The zero-order valence-corrected chi connectivity index (χ0v) is 8.10. The van der Waals surface area contributed by atoms with Gasteiger partial charge in [-0.15, -0.1) is 0 Å². The van der Waals surface area contributed by atoms with Crippen molar-refractivity contribution in [3.05, 3.63) is 40.9 Å². The first-order chi connectivity index (χ1) is 7.25. The van der Waals surface area contributed by atoms with E-state index in [1.54, 1.807) is 24.0 Å². The molecule has 4 nitrogen and oxygen atoms in total. The van der Waals surface area contributed by atoms with Crippen molar-refractivity contribution in [2.75, 3.05) is 0 Å². The highest BCUT2D eigenvalue weighted by atomic mass is 16.4. The Morgan fingerprint density at radius 3 is 2.93 bits per heavy atom. The summed E-state index contributed by atoms with van der Waals surface area (Å²) in [5.74, 6) is 0. The fraction of sp³-hybridized carbons (Fsp3) is 0.0909. The molecule has 0 aliphatic carbocycles. The summed E-state index contributed by atoms with van der Waals surface area (Å²) in [5.41, 5.74) is 0.940. The van der Waals surface area contributed by atoms with Crippen LogP contribution in [0.3, 0.4) is 0 Å². The normalized spacial score (nSPS) is 11.3. The van der Waals surface area contributed by atoms with E-state index in [4.69, 9.17) is 4.42 Å². The van der Waals surface area contributed by atoms with Crippen LogP contribution < -0.4 is 5.63 Å². The van der Waals surface area contributed by atoms with Gasteiger partial charge in [0, 0.05) is 18.6 Å². The number of hydrogen-bond donors (Lipinski definition) is 0. The van der Waals surface area contributed by atoms with Crippen molar-refractivity contribution in [1.82, 2.24) is 9.78 Å². The van der Waals surface area contributed by atoms with E-state index in [1.165, 1.54) is 0 Å². The second-order valence-corrected chi connectivity index (χ2v) is 3.45. The van der Waals surface area contributed by atoms with E-state index in [2.05, 4.69) is 5.10 Å². The van der Waals surface area contributed by atoms with Crippen LogP contribution in [-0.4, -0.2) is 9.78 Å². The molecule has 0 atom stereocenters. The molecule has 0 saturated heterocycles. The zero-order valence-electron chi connectivity index (χ0n) is 8.10. The van der Waals surface area contributed by atoms with Gasteiger partial charge in [-0.2, -0.15) is 5.10 Å². The Bertz CT molecular complexity index is 709. The molecule has 0 aliphatic heterocycles. The minimum atomic E-state index is -0.336. The van der Waals surface area contributed by atoms with Crippen molar-refractivity contribution in [3.8, 4) is 0 Å². The Morgan fingerprint density at radius 2 is 2.07 bits per heavy atom. The highest BCUT2D eigenvalue weighted by Crippen LogP contribution is 2.20. The van der Waals surface area contributed by atoms with Gasteiger partial charge in [-0.1, -0.05) is 12.1 Å². The molecular formula is C11H8N2O2. The standard InChI is InChI=1S/C11H8N2O2/c1-13-6-8-10(12-13)7-4-2-3-5-9(7)15-11(8)14/h2-6H,1H3. The molecule has 0 saturated carbocycles. The summed E-state index contributed by atoms with van der Waals surface area (Å²) in [6.45, 7) is 0. The van der Waals surface area contributed by atoms with Crippen LogP contribution in [-0.2, 0) is 7.05 Å². The summed E-state index contributed by atoms with van der Waals surface area (Å²) < 4.78 is 6.80. The first-order valence-corrected chi connectivity index (χ1v) is 4.61. The summed E-state index contributed by atoms with van der Waals surface area (Å²) >= 11 is 0. The van der Waals surface area contributed by atoms with Crippen molar-refractivity contribution in [1.29, 1.82) is 0 Å². The van der Waals surface area contributed by atoms with Crippen molar-refractivity contribution in [2.45, 2.75) is 0 Å². The minimum Gasteiger partial charge on any atom is -0.422 e. The van der Waals surface area contributed by atoms with Crippen LogP contribution in [0.2, 0.25) is 0 Å². The van der Waals surface area contributed by atoms with Gasteiger partial charge in [0.2, 0.25) is 0 Å². The topological polar surface area (TPSA) is 48.0 Å². The van der Waals surface area contributed by atoms with Crippen LogP contribution in [0.25, 0.3) is 21.9 Å². The molecule has 74 valence electrons. The first kappa shape index (κ1) is 8.23. The molecule has 0 aliphatic rings. The maximum Gasteiger partial charge on any atom is 0.347 e. The third kappa shape index (κ3) is 1.08. The lowest BCUT2D eigenvalue weighted by atomic mass is 10.2. The molecule has 0 amide bonds. The molecule has 0 radical (unpaired) electrons. The van der Waals surface area contributed by atoms with E-state index in [9.17, 15) is 4.79 Å². The maximum absolute atomic E-state index is 11.6. The SMILES string of the molecule is Cn1cc2c(=O)oc3ccccc3c2n1. The number of aryl methyl sites for hydroxylation is 1. The molecule has 0 fully saturated rings. The highest BCUT2D eigenvalue weighted by molar-refractivity contribution is 6.01. The number of hydrogen-bond acceptors (Lipinski definition) is 3. The molecule has 3 aromatic rings. The maximum atomic E-state index is 11.6. The second-order valence-electron chi connectivity index (χ2n) is 3.45. The van der Waals surface area contributed by atoms with E-state index in [0.29, 0.717) is 16.5 Å². The summed E-state index contributed by atoms with van der Waals surface area (Å²) in [4.78, 5) is 11.6. The van der Waals surface area contributed by atoms with Gasteiger partial charge >= 0.3 is 5.63 Å². The van der Waals surface area contributed by atoms with Gasteiger partial charge in [-0.05, 0) is 12.1 Å². The monoisotopic (exact) mass is 200 g/mol. The molecule has 0 N–H and O–H groups in total. The predicted octanol–water partition coefficient (Wildman–Crippen LogP) is 1.68. The number of nitrogens with zero attached hydrogens (tertiary/aromatic N) is 2. The van der Waals surface area contributed by atoms with Crippen molar-refractivity contribution in [2.24, 2.45) is 7.05 Å². The van der Waals surface area contributed by atoms with E-state index >= 15 is 0 Å². The van der Waals surface area contributed by atoms with E-state index in [-0.39, 0.29) is 5.63 Å². The Kier molecular flexibility index (Phi) is 1.48. The molecule has 15 heavy (non-hydrogen) atoms. The molecule has 2 aromatic heterocycles. The smallest absolute Gasteiger partial charge is 0.347 e. The first-order valence-electron chi connectivity index (χ1n) is 4.61. The third-order valence-corrected chi connectivity index (χ3v) is 2.39. The Hall–Kier alpha value is -2.10. The quantitative estimate of drug-likeness (QED) is 0.519. The predicted molar refractivity (Wildman–Crippen MR) is 56.8 cm³/mol. The molecule has 0 unspecified atom stereocenters. The van der Waals surface area contributed by atoms with Crippen molar-refractivity contribution >= 4 is 21.9 Å². The van der Waals surface area contributed by atoms with Gasteiger partial charge in [0.15, 0.2) is 0 Å². The van der Waals surface area contributed by atoms with Crippen LogP contribution in [0.1, 0.15) is 0 Å². The van der Waals surface area contributed by atoms with Gasteiger partial charge in [-0.25, -0.2) is 4.79 Å². The van der Waals surface area contributed by atoms with Crippen LogP contribution in [0.5, 0.6) is 0 Å². The van der Waals surface area contributed by atoms with Crippen LogP contribution in [0, 0.1) is 0 Å². The number of aromatic nitrogens is 2. The summed E-state index contributed by atoms with van der Waals surface area (Å²) in [7, 11) is 1.79. The fourth-order valence-corrected chi connectivity index (χ4v) is 1.74. The van der Waals surface area contributed by atoms with Crippen LogP contribution in [0.4, 0.5) is 0 Å². The third-order valence-electron chi connectivity index (χ3n) is 2.39. The lowest BCUT2D eigenvalue weighted by Crippen LogP contribution is -1.97. The van der Waals surface area contributed by atoms with Gasteiger partial charge in [0.05, 0.1) is 0 Å². The number of para-hydroxylation sites is 1. The molecule has 0 spiro atoms. The molecule has 4 heteroatoms. The molecular weight excluding hydrogens is 192 g/mol. The van der Waals surface area contributed by atoms with Gasteiger partial charge < -0.3 is 4.42 Å². The molecule has 3 rings (SSSR count). The van der Waals surface area contributed by atoms with Gasteiger partial charge in [-0.3, -0.25) is 4.68 Å². The highest BCUT2D eigenvalue weighted by Gasteiger charge is 2.09. The average molecular weight is 200 g/mol. The van der Waals surface area contributed by atoms with Crippen LogP contribution >= 0.6 is 0 Å². The fourth-order valence-electron chi connectivity index (χ4n) is 1.74. The Morgan fingerprint density at radius 1 is 1.27 bits per heavy atom. The number of benzene rings is 1.